The Bertz CT molecular complexity index is 925. The Hall–Kier alpha value is -1.94. The van der Waals surface area contributed by atoms with Gasteiger partial charge in [0.2, 0.25) is 15.9 Å². The lowest BCUT2D eigenvalue weighted by atomic mass is 10.2. The molecule has 0 spiro atoms. The fourth-order valence-electron chi connectivity index (χ4n) is 1.99. The molecule has 2 rings (SSSR count). The molecule has 27 heavy (non-hydrogen) atoms. The minimum Gasteiger partial charge on any atom is -0.433 e. The molecule has 2 aromatic rings. The third kappa shape index (κ3) is 6.03. The maximum Gasteiger partial charge on any atom is 0.387 e. The van der Waals surface area contributed by atoms with Crippen LogP contribution in [0, 0.1) is 0 Å². The SMILES string of the molecule is CC(NS(=O)(=O)c1ccc(Cl)cc1)C(=O)Nc1ccc(OC(F)F)c(Cl)c1. The second kappa shape index (κ2) is 8.83. The number of benzene rings is 2. The number of hydrogen-bond acceptors (Lipinski definition) is 4. The molecular weight excluding hydrogens is 425 g/mol. The van der Waals surface area contributed by atoms with Crippen LogP contribution in [0.25, 0.3) is 0 Å². The summed E-state index contributed by atoms with van der Waals surface area (Å²) in [6, 6.07) is 7.96. The first-order valence-corrected chi connectivity index (χ1v) is 9.65. The maximum atomic E-state index is 12.3. The molecule has 0 aliphatic rings. The van der Waals surface area contributed by atoms with E-state index in [2.05, 4.69) is 14.8 Å². The second-order valence-corrected chi connectivity index (χ2v) is 7.87. The highest BCUT2D eigenvalue weighted by atomic mass is 35.5. The largest absolute Gasteiger partial charge is 0.433 e. The second-order valence-electron chi connectivity index (χ2n) is 5.31. The summed E-state index contributed by atoms with van der Waals surface area (Å²) >= 11 is 11.5. The van der Waals surface area contributed by atoms with Crippen LogP contribution < -0.4 is 14.8 Å². The van der Waals surface area contributed by atoms with Crippen molar-refractivity contribution in [2.45, 2.75) is 24.5 Å². The molecule has 6 nitrogen and oxygen atoms in total. The molecule has 0 radical (unpaired) electrons. The van der Waals surface area contributed by atoms with Crippen molar-refractivity contribution >= 4 is 44.8 Å². The zero-order chi connectivity index (χ0) is 20.2. The molecule has 2 N–H and O–H groups in total. The quantitative estimate of drug-likeness (QED) is 0.686. The number of amides is 1. The van der Waals surface area contributed by atoms with E-state index in [1.807, 2.05) is 0 Å². The van der Waals surface area contributed by atoms with Gasteiger partial charge in [0.05, 0.1) is 16.0 Å². The maximum absolute atomic E-state index is 12.3. The van der Waals surface area contributed by atoms with Gasteiger partial charge in [-0.2, -0.15) is 13.5 Å². The van der Waals surface area contributed by atoms with Crippen molar-refractivity contribution in [3.8, 4) is 5.75 Å². The Morgan fingerprint density at radius 3 is 2.30 bits per heavy atom. The fraction of sp³-hybridized carbons (Fsp3) is 0.188. The lowest BCUT2D eigenvalue weighted by molar-refractivity contribution is -0.117. The summed E-state index contributed by atoms with van der Waals surface area (Å²) in [5, 5.41) is 2.67. The summed E-state index contributed by atoms with van der Waals surface area (Å²) < 4.78 is 55.4. The molecule has 1 amide bonds. The number of rotatable bonds is 7. The summed E-state index contributed by atoms with van der Waals surface area (Å²) in [6.45, 7) is -1.69. The summed E-state index contributed by atoms with van der Waals surface area (Å²) in [5.41, 5.74) is 0.184. The molecule has 0 heterocycles. The van der Waals surface area contributed by atoms with Crippen molar-refractivity contribution in [2.75, 3.05) is 5.32 Å². The lowest BCUT2D eigenvalue weighted by Gasteiger charge is -2.15. The predicted octanol–water partition coefficient (Wildman–Crippen LogP) is 3.90. The lowest BCUT2D eigenvalue weighted by Crippen LogP contribution is -2.41. The molecule has 1 unspecified atom stereocenters. The third-order valence-corrected chi connectivity index (χ3v) is 5.37. The monoisotopic (exact) mass is 438 g/mol. The standard InChI is InChI=1S/C16H14Cl2F2N2O4S/c1-9(22-27(24,25)12-5-2-10(17)3-6-12)15(23)21-11-4-7-14(13(18)8-11)26-16(19)20/h2-9,16,22H,1H3,(H,21,23). The Kier molecular flexibility index (Phi) is 6.99. The van der Waals surface area contributed by atoms with Gasteiger partial charge in [-0.3, -0.25) is 4.79 Å². The van der Waals surface area contributed by atoms with Crippen LogP contribution in [0.1, 0.15) is 6.92 Å². The number of nitrogens with one attached hydrogen (secondary N) is 2. The molecule has 2 aromatic carbocycles. The summed E-state index contributed by atoms with van der Waals surface area (Å²) in [5.74, 6) is -0.924. The Morgan fingerprint density at radius 2 is 1.74 bits per heavy atom. The van der Waals surface area contributed by atoms with Crippen LogP contribution in [0.4, 0.5) is 14.5 Å². The van der Waals surface area contributed by atoms with Crippen molar-refractivity contribution in [3.05, 3.63) is 52.5 Å². The predicted molar refractivity (Wildman–Crippen MR) is 97.9 cm³/mol. The molecule has 0 aromatic heterocycles. The van der Waals surface area contributed by atoms with E-state index in [0.29, 0.717) is 5.02 Å². The minimum atomic E-state index is -3.94. The van der Waals surface area contributed by atoms with Gasteiger partial charge >= 0.3 is 6.61 Å². The van der Waals surface area contributed by atoms with Gasteiger partial charge in [-0.25, -0.2) is 8.42 Å². The zero-order valence-corrected chi connectivity index (χ0v) is 16.1. The Balaban J connectivity index is 2.05. The highest BCUT2D eigenvalue weighted by Gasteiger charge is 2.22. The number of halogens is 4. The first-order chi connectivity index (χ1) is 12.6. The first kappa shape index (κ1) is 21.4. The molecule has 0 saturated carbocycles. The van der Waals surface area contributed by atoms with Crippen molar-refractivity contribution < 1.29 is 26.7 Å². The van der Waals surface area contributed by atoms with Crippen molar-refractivity contribution in [1.29, 1.82) is 0 Å². The van der Waals surface area contributed by atoms with Crippen molar-refractivity contribution in [3.63, 3.8) is 0 Å². The van der Waals surface area contributed by atoms with E-state index in [-0.39, 0.29) is 21.4 Å². The van der Waals surface area contributed by atoms with Crippen LogP contribution in [0.15, 0.2) is 47.4 Å². The summed E-state index contributed by atoms with van der Waals surface area (Å²) in [4.78, 5) is 12.1. The third-order valence-electron chi connectivity index (χ3n) is 3.26. The minimum absolute atomic E-state index is 0.0527. The number of carbonyl (C=O) groups excluding carboxylic acids is 1. The van der Waals surface area contributed by atoms with Gasteiger partial charge in [0.15, 0.2) is 0 Å². The van der Waals surface area contributed by atoms with E-state index in [1.54, 1.807) is 0 Å². The first-order valence-electron chi connectivity index (χ1n) is 7.41. The molecule has 0 fully saturated rings. The summed E-state index contributed by atoms with van der Waals surface area (Å²) in [6.07, 6.45) is 0. The van der Waals surface area contributed by atoms with Crippen LogP contribution in [-0.2, 0) is 14.8 Å². The molecule has 0 aliphatic carbocycles. The van der Waals surface area contributed by atoms with Gasteiger partial charge in [-0.15, -0.1) is 0 Å². The molecule has 0 saturated heterocycles. The average Bonchev–Trinajstić information content (AvgIpc) is 2.57. The number of hydrogen-bond donors (Lipinski definition) is 2. The average molecular weight is 439 g/mol. The van der Waals surface area contributed by atoms with E-state index in [0.717, 1.165) is 6.07 Å². The number of ether oxygens (including phenoxy) is 1. The number of anilines is 1. The van der Waals surface area contributed by atoms with E-state index >= 15 is 0 Å². The molecule has 146 valence electrons. The van der Waals surface area contributed by atoms with E-state index in [1.165, 1.54) is 43.3 Å². The van der Waals surface area contributed by atoms with Crippen LogP contribution in [0.3, 0.4) is 0 Å². The fourth-order valence-corrected chi connectivity index (χ4v) is 3.54. The smallest absolute Gasteiger partial charge is 0.387 e. The molecule has 11 heteroatoms. The van der Waals surface area contributed by atoms with Gasteiger partial charge in [0.1, 0.15) is 5.75 Å². The molecule has 0 bridgehead atoms. The number of alkyl halides is 2. The Morgan fingerprint density at radius 1 is 1.11 bits per heavy atom. The molecular formula is C16H14Cl2F2N2O4S. The van der Waals surface area contributed by atoms with E-state index < -0.39 is 28.6 Å². The molecule has 1 atom stereocenters. The van der Waals surface area contributed by atoms with E-state index in [9.17, 15) is 22.0 Å². The van der Waals surface area contributed by atoms with Crippen molar-refractivity contribution in [1.82, 2.24) is 4.72 Å². The molecule has 0 aliphatic heterocycles. The van der Waals surface area contributed by atoms with Gasteiger partial charge in [-0.05, 0) is 49.4 Å². The van der Waals surface area contributed by atoms with Gasteiger partial charge in [-0.1, -0.05) is 23.2 Å². The summed E-state index contributed by atoms with van der Waals surface area (Å²) in [7, 11) is -3.94. The highest BCUT2D eigenvalue weighted by Crippen LogP contribution is 2.29. The van der Waals surface area contributed by atoms with Gasteiger partial charge in [0.25, 0.3) is 0 Å². The number of sulfonamides is 1. The van der Waals surface area contributed by atoms with Crippen molar-refractivity contribution in [2.24, 2.45) is 0 Å². The van der Waals surface area contributed by atoms with Crippen LogP contribution in [0.2, 0.25) is 10.0 Å². The topological polar surface area (TPSA) is 84.5 Å². The van der Waals surface area contributed by atoms with Crippen LogP contribution in [0.5, 0.6) is 5.75 Å². The zero-order valence-electron chi connectivity index (χ0n) is 13.7. The van der Waals surface area contributed by atoms with Crippen LogP contribution >= 0.6 is 23.2 Å². The Labute approximate surface area is 164 Å². The highest BCUT2D eigenvalue weighted by molar-refractivity contribution is 7.89. The van der Waals surface area contributed by atoms with Gasteiger partial charge in [0, 0.05) is 10.7 Å². The normalized spacial score (nSPS) is 12.7. The van der Waals surface area contributed by atoms with Gasteiger partial charge < -0.3 is 10.1 Å². The van der Waals surface area contributed by atoms with E-state index in [4.69, 9.17) is 23.2 Å². The van der Waals surface area contributed by atoms with Crippen LogP contribution in [-0.4, -0.2) is 27.0 Å². The number of carbonyl (C=O) groups is 1.